The second kappa shape index (κ2) is 18.1. The number of benzene rings is 1. The monoisotopic (exact) mass is 466 g/mol. The van der Waals surface area contributed by atoms with E-state index in [4.69, 9.17) is 4.74 Å². The highest BCUT2D eigenvalue weighted by molar-refractivity contribution is 5.77. The Morgan fingerprint density at radius 2 is 1.35 bits per heavy atom. The van der Waals surface area contributed by atoms with Crippen LogP contribution in [0.15, 0.2) is 36.8 Å². The molecule has 4 nitrogen and oxygen atoms in total. The summed E-state index contributed by atoms with van der Waals surface area (Å²) >= 11 is 0. The predicted molar refractivity (Wildman–Crippen MR) is 142 cm³/mol. The summed E-state index contributed by atoms with van der Waals surface area (Å²) in [7, 11) is 0. The summed E-state index contributed by atoms with van der Waals surface area (Å²) in [6.45, 7) is 4.49. The average Bonchev–Trinajstić information content (AvgIpc) is 2.86. The molecular formula is C30H46N2O2. The molecule has 188 valence electrons. The number of para-hydroxylation sites is 1. The van der Waals surface area contributed by atoms with Gasteiger partial charge in [-0.2, -0.15) is 0 Å². The van der Waals surface area contributed by atoms with E-state index in [9.17, 15) is 4.79 Å². The van der Waals surface area contributed by atoms with Crippen molar-refractivity contribution < 1.29 is 9.53 Å². The van der Waals surface area contributed by atoms with Gasteiger partial charge in [0.2, 0.25) is 0 Å². The Labute approximate surface area is 208 Å². The summed E-state index contributed by atoms with van der Waals surface area (Å²) in [5.41, 5.74) is 2.89. The molecule has 0 spiro atoms. The van der Waals surface area contributed by atoms with Crippen molar-refractivity contribution in [2.24, 2.45) is 0 Å². The van der Waals surface area contributed by atoms with Crippen molar-refractivity contribution in [3.05, 3.63) is 42.4 Å². The Bertz CT molecular complexity index is 806. The smallest absolute Gasteiger partial charge is 0.311 e. The molecule has 0 aliphatic heterocycles. The largest absolute Gasteiger partial charge is 0.426 e. The number of rotatable bonds is 19. The number of aromatic nitrogens is 2. The lowest BCUT2D eigenvalue weighted by atomic mass is 10.0. The topological polar surface area (TPSA) is 52.1 Å². The highest BCUT2D eigenvalue weighted by atomic mass is 16.5. The first kappa shape index (κ1) is 28.0. The van der Waals surface area contributed by atoms with Crippen LogP contribution >= 0.6 is 0 Å². The van der Waals surface area contributed by atoms with Gasteiger partial charge < -0.3 is 4.74 Å². The van der Waals surface area contributed by atoms with Gasteiger partial charge in [-0.05, 0) is 37.0 Å². The standard InChI is InChI=1S/C30H46N2O2/c1-3-5-7-9-11-13-15-17-23-29(33)34-28-22-19-18-21-27(28)30-26(24-31-25-32-30)20-16-14-12-10-8-6-4-2/h18-19,21-22,24-25H,3-17,20,23H2,1-2H3. The number of carbonyl (C=O) groups is 1. The summed E-state index contributed by atoms with van der Waals surface area (Å²) < 4.78 is 5.80. The number of ether oxygens (including phenoxy) is 1. The average molecular weight is 467 g/mol. The molecule has 0 saturated heterocycles. The minimum Gasteiger partial charge on any atom is -0.426 e. The molecule has 0 unspecified atom stereocenters. The molecule has 1 heterocycles. The van der Waals surface area contributed by atoms with Crippen LogP contribution in [0.3, 0.4) is 0 Å². The Balaban J connectivity index is 1.84. The molecule has 0 N–H and O–H groups in total. The molecule has 0 saturated carbocycles. The fourth-order valence-corrected chi connectivity index (χ4v) is 4.38. The molecule has 0 amide bonds. The lowest BCUT2D eigenvalue weighted by Crippen LogP contribution is -2.09. The molecule has 0 fully saturated rings. The second-order valence-electron chi connectivity index (χ2n) is 9.46. The lowest BCUT2D eigenvalue weighted by molar-refractivity contribution is -0.134. The number of aryl methyl sites for hydroxylation is 1. The van der Waals surface area contributed by atoms with Crippen molar-refractivity contribution >= 4 is 5.97 Å². The molecule has 4 heteroatoms. The first-order valence-corrected chi connectivity index (χ1v) is 13.8. The summed E-state index contributed by atoms with van der Waals surface area (Å²) in [6.07, 6.45) is 23.6. The molecule has 2 aromatic rings. The maximum atomic E-state index is 12.5. The van der Waals surface area contributed by atoms with Crippen LogP contribution < -0.4 is 4.74 Å². The number of nitrogens with zero attached hydrogens (tertiary/aromatic N) is 2. The molecule has 1 aromatic heterocycles. The molecule has 2 rings (SSSR count). The fourth-order valence-electron chi connectivity index (χ4n) is 4.38. The summed E-state index contributed by atoms with van der Waals surface area (Å²) in [4.78, 5) is 21.4. The van der Waals surface area contributed by atoms with E-state index in [1.54, 1.807) is 6.33 Å². The molecular weight excluding hydrogens is 420 g/mol. The van der Waals surface area contributed by atoms with E-state index in [0.717, 1.165) is 42.5 Å². The highest BCUT2D eigenvalue weighted by Crippen LogP contribution is 2.31. The van der Waals surface area contributed by atoms with Gasteiger partial charge in [0.1, 0.15) is 12.1 Å². The first-order valence-electron chi connectivity index (χ1n) is 13.8. The van der Waals surface area contributed by atoms with Crippen molar-refractivity contribution in [3.8, 4) is 17.0 Å². The van der Waals surface area contributed by atoms with Crippen LogP contribution in [0.2, 0.25) is 0 Å². The van der Waals surface area contributed by atoms with Crippen LogP contribution in [-0.4, -0.2) is 15.9 Å². The first-order chi connectivity index (χ1) is 16.8. The Kier molecular flexibility index (Phi) is 14.9. The van der Waals surface area contributed by atoms with Gasteiger partial charge in [-0.3, -0.25) is 4.79 Å². The predicted octanol–water partition coefficient (Wildman–Crippen LogP) is 8.87. The molecule has 34 heavy (non-hydrogen) atoms. The van der Waals surface area contributed by atoms with Crippen molar-refractivity contribution in [2.75, 3.05) is 0 Å². The molecule has 0 aliphatic carbocycles. The van der Waals surface area contributed by atoms with Gasteiger partial charge in [0.05, 0.1) is 5.69 Å². The fraction of sp³-hybridized carbons (Fsp3) is 0.633. The van der Waals surface area contributed by atoms with E-state index in [1.807, 2.05) is 30.5 Å². The number of carbonyl (C=O) groups excluding carboxylic acids is 1. The third kappa shape index (κ3) is 11.3. The normalized spacial score (nSPS) is 11.0. The minimum absolute atomic E-state index is 0.152. The van der Waals surface area contributed by atoms with Crippen molar-refractivity contribution in [3.63, 3.8) is 0 Å². The van der Waals surface area contributed by atoms with E-state index in [-0.39, 0.29) is 5.97 Å². The van der Waals surface area contributed by atoms with Crippen LogP contribution in [0.1, 0.15) is 122 Å². The number of hydrogen-bond donors (Lipinski definition) is 0. The Morgan fingerprint density at radius 1 is 0.765 bits per heavy atom. The van der Waals surface area contributed by atoms with Crippen LogP contribution in [0.4, 0.5) is 0 Å². The van der Waals surface area contributed by atoms with Crippen LogP contribution in [-0.2, 0) is 11.2 Å². The maximum absolute atomic E-state index is 12.5. The zero-order valence-electron chi connectivity index (χ0n) is 21.7. The zero-order valence-corrected chi connectivity index (χ0v) is 21.7. The quantitative estimate of drug-likeness (QED) is 0.118. The van der Waals surface area contributed by atoms with E-state index < -0.39 is 0 Å². The summed E-state index contributed by atoms with van der Waals surface area (Å²) in [6, 6.07) is 7.76. The van der Waals surface area contributed by atoms with E-state index in [2.05, 4.69) is 23.8 Å². The van der Waals surface area contributed by atoms with Gasteiger partial charge in [-0.15, -0.1) is 0 Å². The van der Waals surface area contributed by atoms with Crippen LogP contribution in [0.25, 0.3) is 11.3 Å². The van der Waals surface area contributed by atoms with Gasteiger partial charge in [-0.25, -0.2) is 9.97 Å². The third-order valence-corrected chi connectivity index (χ3v) is 6.44. The van der Waals surface area contributed by atoms with E-state index in [0.29, 0.717) is 12.2 Å². The second-order valence-corrected chi connectivity index (χ2v) is 9.46. The molecule has 0 bridgehead atoms. The Morgan fingerprint density at radius 3 is 2.03 bits per heavy atom. The number of hydrogen-bond acceptors (Lipinski definition) is 4. The third-order valence-electron chi connectivity index (χ3n) is 6.44. The van der Waals surface area contributed by atoms with Gasteiger partial charge in [0, 0.05) is 18.2 Å². The van der Waals surface area contributed by atoms with Crippen LogP contribution in [0.5, 0.6) is 5.75 Å². The molecule has 0 atom stereocenters. The minimum atomic E-state index is -0.152. The van der Waals surface area contributed by atoms with Gasteiger partial charge in [-0.1, -0.05) is 109 Å². The van der Waals surface area contributed by atoms with Gasteiger partial charge in [0.25, 0.3) is 0 Å². The van der Waals surface area contributed by atoms with E-state index >= 15 is 0 Å². The maximum Gasteiger partial charge on any atom is 0.311 e. The Hall–Kier alpha value is -2.23. The number of unbranched alkanes of at least 4 members (excludes halogenated alkanes) is 13. The van der Waals surface area contributed by atoms with E-state index in [1.165, 1.54) is 77.0 Å². The lowest BCUT2D eigenvalue weighted by Gasteiger charge is -2.13. The zero-order chi connectivity index (χ0) is 24.3. The summed E-state index contributed by atoms with van der Waals surface area (Å²) in [5.74, 6) is 0.452. The van der Waals surface area contributed by atoms with Crippen LogP contribution in [0, 0.1) is 0 Å². The van der Waals surface area contributed by atoms with Crippen molar-refractivity contribution in [1.29, 1.82) is 0 Å². The van der Waals surface area contributed by atoms with Gasteiger partial charge >= 0.3 is 5.97 Å². The van der Waals surface area contributed by atoms with Crippen molar-refractivity contribution in [2.45, 2.75) is 123 Å². The van der Waals surface area contributed by atoms with Gasteiger partial charge in [0.15, 0.2) is 0 Å². The number of esters is 1. The SMILES string of the molecule is CCCCCCCCCCC(=O)Oc1ccccc1-c1ncncc1CCCCCCCCC. The van der Waals surface area contributed by atoms with Crippen molar-refractivity contribution in [1.82, 2.24) is 9.97 Å². The molecule has 0 aliphatic rings. The highest BCUT2D eigenvalue weighted by Gasteiger charge is 2.14. The molecule has 1 aromatic carbocycles. The summed E-state index contributed by atoms with van der Waals surface area (Å²) in [5, 5.41) is 0. The molecule has 0 radical (unpaired) electrons.